The van der Waals surface area contributed by atoms with E-state index < -0.39 is 6.04 Å². The largest absolute Gasteiger partial charge is 0.354 e. The first-order valence-electron chi connectivity index (χ1n) is 6.61. The quantitative estimate of drug-likeness (QED) is 0.886. The lowest BCUT2D eigenvalue weighted by Gasteiger charge is -2.07. The van der Waals surface area contributed by atoms with Crippen LogP contribution in [0, 0.1) is 6.92 Å². The molecule has 106 valence electrons. The summed E-state index contributed by atoms with van der Waals surface area (Å²) in [5.41, 5.74) is 8.81. The van der Waals surface area contributed by atoms with E-state index in [2.05, 4.69) is 39.9 Å². The number of carbonyl (C=O) groups is 1. The van der Waals surface area contributed by atoms with Gasteiger partial charge in [0.1, 0.15) is 0 Å². The fourth-order valence-corrected chi connectivity index (χ4v) is 2.45. The fraction of sp³-hybridized carbons (Fsp3) is 0.333. The zero-order chi connectivity index (χ0) is 14.5. The molecule has 0 saturated heterocycles. The van der Waals surface area contributed by atoms with Crippen molar-refractivity contribution in [2.45, 2.75) is 26.3 Å². The minimum absolute atomic E-state index is 0.112. The van der Waals surface area contributed by atoms with Crippen molar-refractivity contribution >= 4 is 17.2 Å². The van der Waals surface area contributed by atoms with Crippen molar-refractivity contribution in [2.24, 2.45) is 5.73 Å². The normalized spacial score (nSPS) is 12.2. The number of carbonyl (C=O) groups excluding carboxylic acids is 1. The van der Waals surface area contributed by atoms with Gasteiger partial charge in [0.2, 0.25) is 5.91 Å². The Morgan fingerprint density at radius 1 is 1.40 bits per heavy atom. The Bertz CT molecular complexity index is 575. The molecule has 0 radical (unpaired) electrons. The van der Waals surface area contributed by atoms with Crippen LogP contribution >= 0.6 is 11.3 Å². The first-order valence-corrected chi connectivity index (χ1v) is 7.49. The van der Waals surface area contributed by atoms with E-state index in [4.69, 9.17) is 5.73 Å². The van der Waals surface area contributed by atoms with Crippen LogP contribution in [0.2, 0.25) is 0 Å². The summed E-state index contributed by atoms with van der Waals surface area (Å²) in [7, 11) is 0. The SMILES string of the molecule is Cc1nc(-c2ccc(CCNC(=O)[C@@H](C)N)cc2)cs1. The van der Waals surface area contributed by atoms with E-state index >= 15 is 0 Å². The predicted molar refractivity (Wildman–Crippen MR) is 82.7 cm³/mol. The van der Waals surface area contributed by atoms with E-state index in [0.29, 0.717) is 6.54 Å². The second-order valence-electron chi connectivity index (χ2n) is 4.78. The molecule has 0 bridgehead atoms. The van der Waals surface area contributed by atoms with E-state index in [-0.39, 0.29) is 5.91 Å². The topological polar surface area (TPSA) is 68.0 Å². The molecule has 0 aliphatic heterocycles. The van der Waals surface area contributed by atoms with E-state index in [1.165, 1.54) is 5.56 Å². The average Bonchev–Trinajstić information content (AvgIpc) is 2.86. The molecule has 1 heterocycles. The summed E-state index contributed by atoms with van der Waals surface area (Å²) in [4.78, 5) is 15.8. The third-order valence-electron chi connectivity index (χ3n) is 3.00. The second kappa shape index (κ2) is 6.63. The number of nitrogens with two attached hydrogens (primary N) is 1. The Morgan fingerprint density at radius 2 is 2.10 bits per heavy atom. The molecule has 4 nitrogen and oxygen atoms in total. The Labute approximate surface area is 123 Å². The molecule has 3 N–H and O–H groups in total. The Kier molecular flexibility index (Phi) is 4.87. The molecule has 2 aromatic rings. The number of hydrogen-bond donors (Lipinski definition) is 2. The number of benzene rings is 1. The first kappa shape index (κ1) is 14.7. The van der Waals surface area contributed by atoms with Crippen molar-refractivity contribution in [2.75, 3.05) is 6.54 Å². The molecule has 5 heteroatoms. The third-order valence-corrected chi connectivity index (χ3v) is 3.77. The maximum Gasteiger partial charge on any atom is 0.236 e. The lowest BCUT2D eigenvalue weighted by molar-refractivity contribution is -0.121. The summed E-state index contributed by atoms with van der Waals surface area (Å²) in [6, 6.07) is 7.82. The average molecular weight is 289 g/mol. The third kappa shape index (κ3) is 3.88. The standard InChI is InChI=1S/C15H19N3OS/c1-10(16)15(19)17-8-7-12-3-5-13(6-4-12)14-9-20-11(2)18-14/h3-6,9-10H,7-8,16H2,1-2H3,(H,17,19)/t10-/m1/s1. The van der Waals surface area contributed by atoms with Crippen LogP contribution in [0.4, 0.5) is 0 Å². The van der Waals surface area contributed by atoms with Crippen molar-refractivity contribution in [3.05, 3.63) is 40.2 Å². The van der Waals surface area contributed by atoms with Crippen LogP contribution < -0.4 is 11.1 Å². The van der Waals surface area contributed by atoms with Crippen molar-refractivity contribution < 1.29 is 4.79 Å². The van der Waals surface area contributed by atoms with Crippen molar-refractivity contribution in [1.29, 1.82) is 0 Å². The van der Waals surface area contributed by atoms with Crippen LogP contribution in [0.3, 0.4) is 0 Å². The fourth-order valence-electron chi connectivity index (χ4n) is 1.83. The molecule has 1 amide bonds. The van der Waals surface area contributed by atoms with Gasteiger partial charge in [0.15, 0.2) is 0 Å². The lowest BCUT2D eigenvalue weighted by Crippen LogP contribution is -2.39. The molecule has 0 unspecified atom stereocenters. The van der Waals surface area contributed by atoms with E-state index in [1.54, 1.807) is 18.3 Å². The Hall–Kier alpha value is -1.72. The summed E-state index contributed by atoms with van der Waals surface area (Å²) in [6.07, 6.45) is 0.800. The van der Waals surface area contributed by atoms with Crippen molar-refractivity contribution in [1.82, 2.24) is 10.3 Å². The summed E-state index contributed by atoms with van der Waals surface area (Å²) < 4.78 is 0. The summed E-state index contributed by atoms with van der Waals surface area (Å²) in [5, 5.41) is 5.94. The maximum atomic E-state index is 11.3. The molecule has 0 aliphatic carbocycles. The molecule has 1 aromatic carbocycles. The molecular formula is C15H19N3OS. The van der Waals surface area contributed by atoms with Crippen LogP contribution in [0.5, 0.6) is 0 Å². The highest BCUT2D eigenvalue weighted by atomic mass is 32.1. The number of nitrogens with one attached hydrogen (secondary N) is 1. The molecule has 1 aromatic heterocycles. The number of nitrogens with zero attached hydrogens (tertiary/aromatic N) is 1. The molecular weight excluding hydrogens is 270 g/mol. The van der Waals surface area contributed by atoms with Gasteiger partial charge in [-0.3, -0.25) is 4.79 Å². The Morgan fingerprint density at radius 3 is 2.65 bits per heavy atom. The molecule has 20 heavy (non-hydrogen) atoms. The zero-order valence-corrected chi connectivity index (χ0v) is 12.5. The number of thiazole rings is 1. The second-order valence-corrected chi connectivity index (χ2v) is 5.84. The van der Waals surface area contributed by atoms with Gasteiger partial charge in [0.05, 0.1) is 16.7 Å². The van der Waals surface area contributed by atoms with E-state index in [0.717, 1.165) is 22.7 Å². The van der Waals surface area contributed by atoms with Gasteiger partial charge in [-0.2, -0.15) is 0 Å². The van der Waals surface area contributed by atoms with Gasteiger partial charge < -0.3 is 11.1 Å². The van der Waals surface area contributed by atoms with Gasteiger partial charge in [0.25, 0.3) is 0 Å². The highest BCUT2D eigenvalue weighted by Crippen LogP contribution is 2.21. The number of amides is 1. The number of aryl methyl sites for hydroxylation is 1. The van der Waals surface area contributed by atoms with Gasteiger partial charge in [-0.25, -0.2) is 4.98 Å². The van der Waals surface area contributed by atoms with Gasteiger partial charge in [-0.1, -0.05) is 24.3 Å². The van der Waals surface area contributed by atoms with Gasteiger partial charge in [-0.15, -0.1) is 11.3 Å². The Balaban J connectivity index is 1.90. The highest BCUT2D eigenvalue weighted by Gasteiger charge is 2.06. The summed E-state index contributed by atoms with van der Waals surface area (Å²) in [5.74, 6) is -0.112. The number of aromatic nitrogens is 1. The monoisotopic (exact) mass is 289 g/mol. The van der Waals surface area contributed by atoms with E-state index in [1.807, 2.05) is 6.92 Å². The highest BCUT2D eigenvalue weighted by molar-refractivity contribution is 7.09. The minimum Gasteiger partial charge on any atom is -0.354 e. The van der Waals surface area contributed by atoms with Crippen molar-refractivity contribution in [3.63, 3.8) is 0 Å². The van der Waals surface area contributed by atoms with E-state index in [9.17, 15) is 4.79 Å². The zero-order valence-electron chi connectivity index (χ0n) is 11.7. The van der Waals surface area contributed by atoms with Crippen LogP contribution in [0.15, 0.2) is 29.6 Å². The maximum absolute atomic E-state index is 11.3. The predicted octanol–water partition coefficient (Wildman–Crippen LogP) is 2.12. The molecule has 0 spiro atoms. The molecule has 0 saturated carbocycles. The molecule has 2 rings (SSSR count). The van der Waals surface area contributed by atoms with Crippen LogP contribution in [-0.2, 0) is 11.2 Å². The van der Waals surface area contributed by atoms with Crippen molar-refractivity contribution in [3.8, 4) is 11.3 Å². The molecule has 0 aliphatic rings. The summed E-state index contributed by atoms with van der Waals surface area (Å²) >= 11 is 1.65. The minimum atomic E-state index is -0.453. The van der Waals surface area contributed by atoms with Gasteiger partial charge in [-0.05, 0) is 25.8 Å². The molecule has 0 fully saturated rings. The first-order chi connectivity index (χ1) is 9.56. The van der Waals surface area contributed by atoms with Gasteiger partial charge >= 0.3 is 0 Å². The molecule has 1 atom stereocenters. The van der Waals surface area contributed by atoms with Crippen LogP contribution in [0.25, 0.3) is 11.3 Å². The van der Waals surface area contributed by atoms with Crippen LogP contribution in [0.1, 0.15) is 17.5 Å². The summed E-state index contributed by atoms with van der Waals surface area (Å²) in [6.45, 7) is 4.29. The van der Waals surface area contributed by atoms with Crippen LogP contribution in [-0.4, -0.2) is 23.5 Å². The lowest BCUT2D eigenvalue weighted by atomic mass is 10.1. The number of hydrogen-bond acceptors (Lipinski definition) is 4. The number of rotatable bonds is 5. The van der Waals surface area contributed by atoms with Gasteiger partial charge in [0, 0.05) is 17.5 Å². The smallest absolute Gasteiger partial charge is 0.236 e.